The van der Waals surface area contributed by atoms with Crippen LogP contribution < -0.4 is 0 Å². The van der Waals surface area contributed by atoms with Gasteiger partial charge in [0.2, 0.25) is 5.91 Å². The van der Waals surface area contributed by atoms with E-state index in [0.29, 0.717) is 12.2 Å². The van der Waals surface area contributed by atoms with E-state index >= 15 is 0 Å². The number of carbonyl (C=O) groups is 1. The summed E-state index contributed by atoms with van der Waals surface area (Å²) in [6.45, 7) is 1.53. The highest BCUT2D eigenvalue weighted by atomic mass is 79.9. The molecule has 1 amide bonds. The molecule has 1 unspecified atom stereocenters. The lowest BCUT2D eigenvalue weighted by Crippen LogP contribution is -2.24. The molecule has 2 aromatic rings. The summed E-state index contributed by atoms with van der Waals surface area (Å²) in [6, 6.07) is 11.5. The summed E-state index contributed by atoms with van der Waals surface area (Å²) in [5, 5.41) is 5.94. The van der Waals surface area contributed by atoms with E-state index in [4.69, 9.17) is 4.42 Å². The molecule has 0 aliphatic carbocycles. The molecule has 4 nitrogen and oxygen atoms in total. The maximum absolute atomic E-state index is 11.8. The van der Waals surface area contributed by atoms with Gasteiger partial charge in [-0.05, 0) is 29.8 Å². The maximum Gasteiger partial charge on any atom is 0.240 e. The Morgan fingerprint density at radius 2 is 2.25 bits per heavy atom. The Morgan fingerprint density at radius 3 is 2.90 bits per heavy atom. The number of hydrazone groups is 1. The van der Waals surface area contributed by atoms with E-state index in [1.165, 1.54) is 11.9 Å². The smallest absolute Gasteiger partial charge is 0.240 e. The molecule has 0 spiro atoms. The van der Waals surface area contributed by atoms with Gasteiger partial charge in [0.05, 0.1) is 12.3 Å². The zero-order valence-electron chi connectivity index (χ0n) is 10.9. The highest BCUT2D eigenvalue weighted by Crippen LogP contribution is 2.33. The average Bonchev–Trinajstić information content (AvgIpc) is 3.08. The van der Waals surface area contributed by atoms with Crippen LogP contribution in [0.15, 0.2) is 56.7 Å². The van der Waals surface area contributed by atoms with Gasteiger partial charge in [-0.2, -0.15) is 5.10 Å². The maximum atomic E-state index is 11.8. The zero-order valence-corrected chi connectivity index (χ0v) is 12.5. The van der Waals surface area contributed by atoms with Crippen molar-refractivity contribution >= 4 is 27.5 Å². The monoisotopic (exact) mass is 332 g/mol. The van der Waals surface area contributed by atoms with Crippen LogP contribution in [0.2, 0.25) is 0 Å². The molecule has 0 bridgehead atoms. The van der Waals surface area contributed by atoms with Crippen LogP contribution in [0.25, 0.3) is 0 Å². The zero-order chi connectivity index (χ0) is 14.1. The number of furan rings is 1. The van der Waals surface area contributed by atoms with Crippen LogP contribution >= 0.6 is 15.9 Å². The van der Waals surface area contributed by atoms with Gasteiger partial charge in [-0.1, -0.05) is 28.1 Å². The summed E-state index contributed by atoms with van der Waals surface area (Å²) >= 11 is 3.46. The average molecular weight is 333 g/mol. The van der Waals surface area contributed by atoms with Crippen molar-refractivity contribution in [1.29, 1.82) is 0 Å². The van der Waals surface area contributed by atoms with E-state index in [1.54, 1.807) is 6.26 Å². The van der Waals surface area contributed by atoms with E-state index in [0.717, 1.165) is 15.7 Å². The normalized spacial score (nSPS) is 18.2. The number of halogens is 1. The van der Waals surface area contributed by atoms with E-state index in [2.05, 4.69) is 21.0 Å². The van der Waals surface area contributed by atoms with Crippen LogP contribution in [-0.2, 0) is 4.79 Å². The number of rotatable bonds is 2. The van der Waals surface area contributed by atoms with Crippen molar-refractivity contribution in [1.82, 2.24) is 5.01 Å². The molecule has 0 fully saturated rings. The van der Waals surface area contributed by atoms with Crippen LogP contribution in [0.3, 0.4) is 0 Å². The van der Waals surface area contributed by atoms with Crippen molar-refractivity contribution in [2.75, 3.05) is 0 Å². The van der Waals surface area contributed by atoms with E-state index in [9.17, 15) is 4.79 Å². The SMILES string of the molecule is CC(=O)N1N=C(c2ccco2)CC1c1cccc(Br)c1. The fourth-order valence-electron chi connectivity index (χ4n) is 2.37. The summed E-state index contributed by atoms with van der Waals surface area (Å²) in [6.07, 6.45) is 2.27. The number of amides is 1. The Labute approximate surface area is 125 Å². The first-order valence-corrected chi connectivity index (χ1v) is 7.11. The molecule has 3 rings (SSSR count). The molecular weight excluding hydrogens is 320 g/mol. The third kappa shape index (κ3) is 2.41. The molecule has 1 aliphatic heterocycles. The molecular formula is C15H13BrN2O2. The highest BCUT2D eigenvalue weighted by molar-refractivity contribution is 9.10. The Morgan fingerprint density at radius 1 is 1.40 bits per heavy atom. The fraction of sp³-hybridized carbons (Fsp3) is 0.200. The van der Waals surface area contributed by atoms with Crippen molar-refractivity contribution in [2.24, 2.45) is 5.10 Å². The molecule has 1 aromatic heterocycles. The second-order valence-electron chi connectivity index (χ2n) is 4.66. The third-order valence-electron chi connectivity index (χ3n) is 3.27. The molecule has 0 saturated carbocycles. The predicted octanol–water partition coefficient (Wildman–Crippen LogP) is 3.74. The quantitative estimate of drug-likeness (QED) is 0.840. The van der Waals surface area contributed by atoms with Gasteiger partial charge in [0.15, 0.2) is 0 Å². The van der Waals surface area contributed by atoms with Crippen LogP contribution in [0.4, 0.5) is 0 Å². The molecule has 20 heavy (non-hydrogen) atoms. The molecule has 102 valence electrons. The van der Waals surface area contributed by atoms with Gasteiger partial charge in [-0.15, -0.1) is 0 Å². The molecule has 0 radical (unpaired) electrons. The number of hydrogen-bond acceptors (Lipinski definition) is 3. The van der Waals surface area contributed by atoms with Crippen LogP contribution in [0.1, 0.15) is 30.7 Å². The van der Waals surface area contributed by atoms with Crippen molar-refractivity contribution in [2.45, 2.75) is 19.4 Å². The van der Waals surface area contributed by atoms with Gasteiger partial charge < -0.3 is 4.42 Å². The fourth-order valence-corrected chi connectivity index (χ4v) is 2.78. The Balaban J connectivity index is 1.95. The Hall–Kier alpha value is -1.88. The first kappa shape index (κ1) is 13.1. The lowest BCUT2D eigenvalue weighted by molar-refractivity contribution is -0.130. The minimum Gasteiger partial charge on any atom is -0.463 e. The molecule has 1 aromatic carbocycles. The number of carbonyl (C=O) groups excluding carboxylic acids is 1. The summed E-state index contributed by atoms with van der Waals surface area (Å²) in [5.74, 6) is 0.644. The van der Waals surface area contributed by atoms with Crippen molar-refractivity contribution < 1.29 is 9.21 Å². The summed E-state index contributed by atoms with van der Waals surface area (Å²) in [4.78, 5) is 11.8. The molecule has 0 saturated heterocycles. The second-order valence-corrected chi connectivity index (χ2v) is 5.58. The van der Waals surface area contributed by atoms with Crippen molar-refractivity contribution in [3.8, 4) is 0 Å². The molecule has 2 heterocycles. The molecule has 1 atom stereocenters. The minimum absolute atomic E-state index is 0.0727. The summed E-state index contributed by atoms with van der Waals surface area (Å²) < 4.78 is 6.37. The lowest BCUT2D eigenvalue weighted by Gasteiger charge is -2.20. The van der Waals surface area contributed by atoms with Crippen LogP contribution in [-0.4, -0.2) is 16.6 Å². The minimum atomic E-state index is -0.0786. The number of benzene rings is 1. The first-order valence-electron chi connectivity index (χ1n) is 6.32. The number of nitrogens with zero attached hydrogens (tertiary/aromatic N) is 2. The van der Waals surface area contributed by atoms with Crippen molar-refractivity contribution in [3.63, 3.8) is 0 Å². The van der Waals surface area contributed by atoms with E-state index < -0.39 is 0 Å². The number of hydrogen-bond donors (Lipinski definition) is 0. The largest absolute Gasteiger partial charge is 0.463 e. The summed E-state index contributed by atoms with van der Waals surface area (Å²) in [7, 11) is 0. The molecule has 1 aliphatic rings. The molecule has 0 N–H and O–H groups in total. The predicted molar refractivity (Wildman–Crippen MR) is 79.3 cm³/mol. The van der Waals surface area contributed by atoms with Gasteiger partial charge in [0, 0.05) is 17.8 Å². The van der Waals surface area contributed by atoms with E-state index in [-0.39, 0.29) is 11.9 Å². The second kappa shape index (κ2) is 5.25. The first-order chi connectivity index (χ1) is 9.65. The Bertz CT molecular complexity index is 664. The standard InChI is InChI=1S/C15H13BrN2O2/c1-10(19)18-14(11-4-2-5-12(16)8-11)9-13(17-18)15-6-3-7-20-15/h2-8,14H,9H2,1H3. The van der Waals surface area contributed by atoms with Crippen LogP contribution in [0, 0.1) is 0 Å². The van der Waals surface area contributed by atoms with Gasteiger partial charge in [-0.3, -0.25) is 4.79 Å². The molecule has 5 heteroatoms. The highest BCUT2D eigenvalue weighted by Gasteiger charge is 2.32. The van der Waals surface area contributed by atoms with Gasteiger partial charge in [-0.25, -0.2) is 5.01 Å². The van der Waals surface area contributed by atoms with Gasteiger partial charge in [0.1, 0.15) is 11.5 Å². The van der Waals surface area contributed by atoms with E-state index in [1.807, 2.05) is 36.4 Å². The van der Waals surface area contributed by atoms with Crippen molar-refractivity contribution in [3.05, 3.63) is 58.5 Å². The van der Waals surface area contributed by atoms with Crippen LogP contribution in [0.5, 0.6) is 0 Å². The summed E-state index contributed by atoms with van der Waals surface area (Å²) in [5.41, 5.74) is 1.86. The van der Waals surface area contributed by atoms with Gasteiger partial charge in [0.25, 0.3) is 0 Å². The third-order valence-corrected chi connectivity index (χ3v) is 3.77. The Kier molecular flexibility index (Phi) is 3.44. The topological polar surface area (TPSA) is 45.8 Å². The van der Waals surface area contributed by atoms with Gasteiger partial charge >= 0.3 is 0 Å². The lowest BCUT2D eigenvalue weighted by atomic mass is 10.0.